The van der Waals surface area contributed by atoms with E-state index in [1.165, 1.54) is 0 Å². The Morgan fingerprint density at radius 2 is 1.93 bits per heavy atom. The van der Waals surface area contributed by atoms with Gasteiger partial charge in [0.1, 0.15) is 11.3 Å². The number of hydrogen-bond acceptors (Lipinski definition) is 6. The fourth-order valence-corrected chi connectivity index (χ4v) is 3.71. The average Bonchev–Trinajstić information content (AvgIpc) is 2.67. The van der Waals surface area contributed by atoms with Crippen LogP contribution in [-0.2, 0) is 4.74 Å². The summed E-state index contributed by atoms with van der Waals surface area (Å²) < 4.78 is 21.9. The van der Waals surface area contributed by atoms with Crippen molar-refractivity contribution in [2.75, 3.05) is 20.5 Å². The summed E-state index contributed by atoms with van der Waals surface area (Å²) >= 11 is 0. The largest absolute Gasteiger partial charge is 0.481 e. The number of rotatable bonds is 8. The molecule has 0 aliphatic heterocycles. The van der Waals surface area contributed by atoms with Gasteiger partial charge in [0.2, 0.25) is 5.88 Å². The molecule has 29 heavy (non-hydrogen) atoms. The van der Waals surface area contributed by atoms with Crippen LogP contribution in [0.3, 0.4) is 0 Å². The molecule has 0 aliphatic carbocycles. The molecule has 0 saturated carbocycles. The Morgan fingerprint density at radius 1 is 1.14 bits per heavy atom. The van der Waals surface area contributed by atoms with E-state index in [1.54, 1.807) is 31.5 Å². The molecule has 0 amide bonds. The molecule has 0 fully saturated rings. The molecular formula is C22H27NO5Si. The lowest BCUT2D eigenvalue weighted by atomic mass is 10.0. The highest BCUT2D eigenvalue weighted by atomic mass is 28.3. The standard InChI is InChI=1S/C22H27NO5Si/c1-15-18-8-7-17(27-14-26-10-11-29(3,4)5)12-19(18)28-22(24)21(15)16-6-9-20(25-2)23-13-16/h6-9,12-13H,10-11,14H2,1-5H3. The van der Waals surface area contributed by atoms with E-state index in [0.29, 0.717) is 34.9 Å². The molecule has 2 aromatic heterocycles. The number of ether oxygens (including phenoxy) is 3. The summed E-state index contributed by atoms with van der Waals surface area (Å²) in [4.78, 5) is 16.8. The van der Waals surface area contributed by atoms with E-state index < -0.39 is 13.7 Å². The smallest absolute Gasteiger partial charge is 0.344 e. The molecule has 2 heterocycles. The Labute approximate surface area is 171 Å². The molecule has 3 aromatic rings. The van der Waals surface area contributed by atoms with Gasteiger partial charge < -0.3 is 18.6 Å². The second-order valence-electron chi connectivity index (χ2n) is 8.12. The van der Waals surface area contributed by atoms with Crippen LogP contribution < -0.4 is 15.1 Å². The van der Waals surface area contributed by atoms with Crippen molar-refractivity contribution >= 4 is 19.0 Å². The molecule has 0 spiro atoms. The van der Waals surface area contributed by atoms with Gasteiger partial charge in [0.25, 0.3) is 0 Å². The summed E-state index contributed by atoms with van der Waals surface area (Å²) in [5.74, 6) is 1.09. The predicted octanol–water partition coefficient (Wildman–Crippen LogP) is 4.86. The molecule has 3 rings (SSSR count). The Morgan fingerprint density at radius 3 is 2.59 bits per heavy atom. The van der Waals surface area contributed by atoms with Gasteiger partial charge in [-0.25, -0.2) is 9.78 Å². The molecule has 0 unspecified atom stereocenters. The zero-order valence-corrected chi connectivity index (χ0v) is 18.6. The van der Waals surface area contributed by atoms with Gasteiger partial charge in [-0.3, -0.25) is 0 Å². The molecular weight excluding hydrogens is 386 g/mol. The first-order valence-electron chi connectivity index (χ1n) is 9.57. The third-order valence-corrected chi connectivity index (χ3v) is 6.38. The number of aromatic nitrogens is 1. The average molecular weight is 414 g/mol. The normalized spacial score (nSPS) is 11.6. The molecule has 6 nitrogen and oxygen atoms in total. The van der Waals surface area contributed by atoms with E-state index in [-0.39, 0.29) is 6.79 Å². The van der Waals surface area contributed by atoms with E-state index in [4.69, 9.17) is 18.6 Å². The van der Waals surface area contributed by atoms with Gasteiger partial charge in [0.05, 0.1) is 12.7 Å². The van der Waals surface area contributed by atoms with Gasteiger partial charge in [0.15, 0.2) is 6.79 Å². The van der Waals surface area contributed by atoms with Crippen LogP contribution in [0.4, 0.5) is 0 Å². The third kappa shape index (κ3) is 5.24. The number of aryl methyl sites for hydroxylation is 1. The molecule has 0 bridgehead atoms. The highest BCUT2D eigenvalue weighted by Gasteiger charge is 2.15. The lowest BCUT2D eigenvalue weighted by Crippen LogP contribution is -2.22. The van der Waals surface area contributed by atoms with Gasteiger partial charge in [-0.1, -0.05) is 19.6 Å². The molecule has 0 aliphatic rings. The van der Waals surface area contributed by atoms with Crippen molar-refractivity contribution in [1.29, 1.82) is 0 Å². The van der Waals surface area contributed by atoms with E-state index >= 15 is 0 Å². The van der Waals surface area contributed by atoms with Crippen molar-refractivity contribution in [3.05, 3.63) is 52.5 Å². The van der Waals surface area contributed by atoms with Gasteiger partial charge >= 0.3 is 5.63 Å². The minimum Gasteiger partial charge on any atom is -0.481 e. The molecule has 0 radical (unpaired) electrons. The Balaban J connectivity index is 1.79. The maximum Gasteiger partial charge on any atom is 0.344 e. The van der Waals surface area contributed by atoms with Crippen LogP contribution in [0.25, 0.3) is 22.1 Å². The number of fused-ring (bicyclic) bond motifs is 1. The number of hydrogen-bond donors (Lipinski definition) is 0. The number of pyridine rings is 1. The molecule has 7 heteroatoms. The number of nitrogens with zero attached hydrogens (tertiary/aromatic N) is 1. The third-order valence-electron chi connectivity index (χ3n) is 4.68. The van der Waals surface area contributed by atoms with Gasteiger partial charge in [0, 0.05) is 44.0 Å². The van der Waals surface area contributed by atoms with Crippen molar-refractivity contribution in [2.45, 2.75) is 32.6 Å². The van der Waals surface area contributed by atoms with E-state index in [0.717, 1.165) is 17.0 Å². The number of methoxy groups -OCH3 is 1. The fraction of sp³-hybridized carbons (Fsp3) is 0.364. The first kappa shape index (κ1) is 21.1. The van der Waals surface area contributed by atoms with Crippen molar-refractivity contribution < 1.29 is 18.6 Å². The first-order valence-corrected chi connectivity index (χ1v) is 13.3. The van der Waals surface area contributed by atoms with Crippen molar-refractivity contribution in [1.82, 2.24) is 4.98 Å². The van der Waals surface area contributed by atoms with Crippen LogP contribution in [0.15, 0.2) is 45.7 Å². The monoisotopic (exact) mass is 413 g/mol. The first-order chi connectivity index (χ1) is 13.8. The van der Waals surface area contributed by atoms with E-state index in [1.807, 2.05) is 19.1 Å². The molecule has 0 N–H and O–H groups in total. The highest BCUT2D eigenvalue weighted by molar-refractivity contribution is 6.76. The minimum absolute atomic E-state index is 0.175. The molecule has 154 valence electrons. The second-order valence-corrected chi connectivity index (χ2v) is 13.7. The van der Waals surface area contributed by atoms with Gasteiger partial charge in [-0.05, 0) is 36.7 Å². The summed E-state index contributed by atoms with van der Waals surface area (Å²) in [5, 5.41) is 0.849. The van der Waals surface area contributed by atoms with Crippen LogP contribution in [0.5, 0.6) is 11.6 Å². The molecule has 0 saturated heterocycles. The lowest BCUT2D eigenvalue weighted by molar-refractivity contribution is 0.0221. The maximum absolute atomic E-state index is 12.6. The highest BCUT2D eigenvalue weighted by Crippen LogP contribution is 2.29. The second kappa shape index (κ2) is 8.80. The van der Waals surface area contributed by atoms with Crippen LogP contribution >= 0.6 is 0 Å². The fourth-order valence-electron chi connectivity index (χ4n) is 2.96. The summed E-state index contributed by atoms with van der Waals surface area (Å²) in [6, 6.07) is 10.1. The lowest BCUT2D eigenvalue weighted by Gasteiger charge is -2.15. The van der Waals surface area contributed by atoms with Gasteiger partial charge in [-0.2, -0.15) is 0 Å². The van der Waals surface area contributed by atoms with Crippen molar-refractivity contribution in [2.24, 2.45) is 0 Å². The molecule has 0 atom stereocenters. The van der Waals surface area contributed by atoms with E-state index in [2.05, 4.69) is 24.6 Å². The predicted molar refractivity (Wildman–Crippen MR) is 117 cm³/mol. The van der Waals surface area contributed by atoms with Crippen LogP contribution in [0.2, 0.25) is 25.7 Å². The van der Waals surface area contributed by atoms with Crippen LogP contribution in [0, 0.1) is 6.92 Å². The Kier molecular flexibility index (Phi) is 6.39. The summed E-state index contributed by atoms with van der Waals surface area (Å²) in [7, 11) is 0.434. The Hall–Kier alpha value is -2.64. The quantitative estimate of drug-likeness (QED) is 0.227. The summed E-state index contributed by atoms with van der Waals surface area (Å²) in [5.41, 5.74) is 2.09. The maximum atomic E-state index is 12.6. The zero-order valence-electron chi connectivity index (χ0n) is 17.6. The number of benzene rings is 1. The van der Waals surface area contributed by atoms with Crippen molar-refractivity contribution in [3.8, 4) is 22.8 Å². The SMILES string of the molecule is COc1ccc(-c2c(C)c3ccc(OCOCC[Si](C)(C)C)cc3oc2=O)cn1. The van der Waals surface area contributed by atoms with Crippen LogP contribution in [-0.4, -0.2) is 33.6 Å². The summed E-state index contributed by atoms with van der Waals surface area (Å²) in [6.45, 7) is 9.69. The van der Waals surface area contributed by atoms with Gasteiger partial charge in [-0.15, -0.1) is 0 Å². The minimum atomic E-state index is -1.12. The molecule has 1 aromatic carbocycles. The van der Waals surface area contributed by atoms with E-state index in [9.17, 15) is 4.79 Å². The van der Waals surface area contributed by atoms with Crippen molar-refractivity contribution in [3.63, 3.8) is 0 Å². The zero-order chi connectivity index (χ0) is 21.0. The topological polar surface area (TPSA) is 70.8 Å². The van der Waals surface area contributed by atoms with Crippen LogP contribution in [0.1, 0.15) is 5.56 Å². The summed E-state index contributed by atoms with van der Waals surface area (Å²) in [6.07, 6.45) is 1.61. The Bertz CT molecular complexity index is 1040.